The quantitative estimate of drug-likeness (QED) is 0.855. The summed E-state index contributed by atoms with van der Waals surface area (Å²) >= 11 is 11.7. The summed E-state index contributed by atoms with van der Waals surface area (Å²) in [5, 5.41) is 10.4. The Bertz CT molecular complexity index is 280. The van der Waals surface area contributed by atoms with Gasteiger partial charge in [-0.05, 0) is 36.1 Å². The van der Waals surface area contributed by atoms with Crippen LogP contribution < -0.4 is 6.15 Å². The van der Waals surface area contributed by atoms with Gasteiger partial charge in [-0.25, -0.2) is 0 Å². The van der Waals surface area contributed by atoms with Gasteiger partial charge in [0.05, 0.1) is 0 Å². The number of hydrogen-bond donors (Lipinski definition) is 2. The average Bonchev–Trinajstić information content (AvgIpc) is 2.12. The van der Waals surface area contributed by atoms with Gasteiger partial charge in [0.25, 0.3) is 0 Å². The first kappa shape index (κ1) is 14.7. The fourth-order valence-corrected chi connectivity index (χ4v) is 1.97. The predicted octanol–water partition coefficient (Wildman–Crippen LogP) is 3.72. The molecular weight excluding hydrogens is 233 g/mol. The molecule has 0 bridgehead atoms. The minimum Gasteiger partial charge on any atom is -0.396 e. The zero-order valence-electron chi connectivity index (χ0n) is 8.84. The highest BCUT2D eigenvalue weighted by Gasteiger charge is 2.07. The summed E-state index contributed by atoms with van der Waals surface area (Å²) in [6, 6.07) is 5.50. The molecule has 0 saturated carbocycles. The summed E-state index contributed by atoms with van der Waals surface area (Å²) in [6.45, 7) is 2.27. The van der Waals surface area contributed by atoms with Crippen molar-refractivity contribution < 1.29 is 5.11 Å². The lowest BCUT2D eigenvalue weighted by atomic mass is 9.98. The minimum absolute atomic E-state index is 0. The van der Waals surface area contributed by atoms with E-state index in [-0.39, 0.29) is 12.8 Å². The largest absolute Gasteiger partial charge is 0.396 e. The van der Waals surface area contributed by atoms with Crippen molar-refractivity contribution in [1.29, 1.82) is 0 Å². The van der Waals surface area contributed by atoms with Gasteiger partial charge < -0.3 is 11.3 Å². The van der Waals surface area contributed by atoms with Crippen LogP contribution in [-0.4, -0.2) is 11.7 Å². The zero-order chi connectivity index (χ0) is 10.6. The normalized spacial score (nSPS) is 12.0. The first-order valence-electron chi connectivity index (χ1n) is 4.71. The van der Waals surface area contributed by atoms with E-state index in [2.05, 4.69) is 6.92 Å². The molecule has 0 heterocycles. The lowest BCUT2D eigenvalue weighted by Crippen LogP contribution is -2.08. The maximum atomic E-state index is 9.06. The number of benzene rings is 1. The summed E-state index contributed by atoms with van der Waals surface area (Å²) in [6.07, 6.45) is 1.79. The molecule has 0 aliphatic carbocycles. The van der Waals surface area contributed by atoms with Crippen molar-refractivity contribution in [3.05, 3.63) is 33.8 Å². The fourth-order valence-electron chi connectivity index (χ4n) is 1.40. The van der Waals surface area contributed by atoms with E-state index < -0.39 is 0 Å². The molecule has 1 aromatic rings. The van der Waals surface area contributed by atoms with Crippen molar-refractivity contribution in [2.24, 2.45) is 5.92 Å². The summed E-state index contributed by atoms with van der Waals surface area (Å²) in [5.74, 6) is 0.296. The maximum absolute atomic E-state index is 9.06. The first-order valence-corrected chi connectivity index (χ1v) is 5.47. The van der Waals surface area contributed by atoms with Crippen molar-refractivity contribution >= 4 is 23.2 Å². The summed E-state index contributed by atoms with van der Waals surface area (Å²) in [5.41, 5.74) is 1.09. The zero-order valence-corrected chi connectivity index (χ0v) is 10.4. The standard InChI is InChI=1S/C11H14Cl2O.H3N/c1-2-8(7-14)3-9-4-10(12)6-11(13)5-9;/h4-6,8,14H,2-3,7H2,1H3;1H3. The van der Waals surface area contributed by atoms with E-state index in [0.717, 1.165) is 18.4 Å². The van der Waals surface area contributed by atoms with Gasteiger partial charge in [-0.3, -0.25) is 0 Å². The van der Waals surface area contributed by atoms with E-state index in [4.69, 9.17) is 28.3 Å². The maximum Gasteiger partial charge on any atom is 0.0462 e. The SMILES string of the molecule is CCC(CO)Cc1cc(Cl)cc(Cl)c1.N. The molecule has 1 atom stereocenters. The van der Waals surface area contributed by atoms with Gasteiger partial charge in [-0.15, -0.1) is 0 Å². The molecule has 0 spiro atoms. The van der Waals surface area contributed by atoms with Crippen molar-refractivity contribution in [2.45, 2.75) is 19.8 Å². The smallest absolute Gasteiger partial charge is 0.0462 e. The molecule has 1 rings (SSSR count). The second-order valence-electron chi connectivity index (χ2n) is 3.44. The Kier molecular flexibility index (Phi) is 6.94. The van der Waals surface area contributed by atoms with Gasteiger partial charge in [-0.2, -0.15) is 0 Å². The Hall–Kier alpha value is -0.280. The van der Waals surface area contributed by atoms with Crippen LogP contribution in [0.4, 0.5) is 0 Å². The van der Waals surface area contributed by atoms with Gasteiger partial charge in [0, 0.05) is 16.7 Å². The third-order valence-corrected chi connectivity index (χ3v) is 2.72. The molecule has 15 heavy (non-hydrogen) atoms. The van der Waals surface area contributed by atoms with Crippen LogP contribution in [0.2, 0.25) is 10.0 Å². The van der Waals surface area contributed by atoms with Crippen molar-refractivity contribution in [3.63, 3.8) is 0 Å². The molecule has 0 radical (unpaired) electrons. The second kappa shape index (κ2) is 7.07. The van der Waals surface area contributed by atoms with Crippen LogP contribution in [0.25, 0.3) is 0 Å². The van der Waals surface area contributed by atoms with E-state index in [1.807, 2.05) is 12.1 Å². The van der Waals surface area contributed by atoms with Gasteiger partial charge in [0.2, 0.25) is 0 Å². The van der Waals surface area contributed by atoms with E-state index in [1.165, 1.54) is 0 Å². The van der Waals surface area contributed by atoms with E-state index in [0.29, 0.717) is 16.0 Å². The van der Waals surface area contributed by atoms with Crippen LogP contribution in [-0.2, 0) is 6.42 Å². The lowest BCUT2D eigenvalue weighted by molar-refractivity contribution is 0.222. The number of aliphatic hydroxyl groups excluding tert-OH is 1. The fraction of sp³-hybridized carbons (Fsp3) is 0.455. The third kappa shape index (κ3) is 4.85. The highest BCUT2D eigenvalue weighted by atomic mass is 35.5. The summed E-state index contributed by atoms with van der Waals surface area (Å²) in [4.78, 5) is 0. The number of aliphatic hydroxyl groups is 1. The van der Waals surface area contributed by atoms with Crippen LogP contribution in [0.15, 0.2) is 18.2 Å². The van der Waals surface area contributed by atoms with E-state index in [9.17, 15) is 0 Å². The Morgan fingerprint density at radius 2 is 1.73 bits per heavy atom. The molecule has 0 amide bonds. The van der Waals surface area contributed by atoms with Crippen LogP contribution in [0.5, 0.6) is 0 Å². The highest BCUT2D eigenvalue weighted by Crippen LogP contribution is 2.21. The highest BCUT2D eigenvalue weighted by molar-refractivity contribution is 6.34. The molecule has 0 aliphatic rings. The molecule has 0 saturated heterocycles. The topological polar surface area (TPSA) is 55.2 Å². The molecule has 2 nitrogen and oxygen atoms in total. The minimum atomic E-state index is 0. The van der Waals surface area contributed by atoms with Crippen molar-refractivity contribution in [1.82, 2.24) is 6.15 Å². The molecule has 1 aromatic carbocycles. The third-order valence-electron chi connectivity index (χ3n) is 2.28. The summed E-state index contributed by atoms with van der Waals surface area (Å²) < 4.78 is 0. The average molecular weight is 250 g/mol. The Labute approximate surface area is 101 Å². The molecule has 86 valence electrons. The van der Waals surface area contributed by atoms with Crippen LogP contribution in [0.1, 0.15) is 18.9 Å². The second-order valence-corrected chi connectivity index (χ2v) is 4.31. The van der Waals surface area contributed by atoms with Crippen molar-refractivity contribution in [3.8, 4) is 0 Å². The first-order chi connectivity index (χ1) is 6.65. The number of halogens is 2. The Morgan fingerprint density at radius 3 is 2.13 bits per heavy atom. The van der Waals surface area contributed by atoms with Crippen LogP contribution in [0, 0.1) is 5.92 Å². The Balaban J connectivity index is 0.00000196. The number of rotatable bonds is 4. The van der Waals surface area contributed by atoms with Gasteiger partial charge in [-0.1, -0.05) is 36.5 Å². The van der Waals surface area contributed by atoms with E-state index in [1.54, 1.807) is 6.07 Å². The lowest BCUT2D eigenvalue weighted by Gasteiger charge is -2.11. The van der Waals surface area contributed by atoms with Gasteiger partial charge in [0.1, 0.15) is 0 Å². The monoisotopic (exact) mass is 249 g/mol. The molecule has 0 aliphatic heterocycles. The van der Waals surface area contributed by atoms with Gasteiger partial charge >= 0.3 is 0 Å². The van der Waals surface area contributed by atoms with E-state index >= 15 is 0 Å². The van der Waals surface area contributed by atoms with Crippen LogP contribution >= 0.6 is 23.2 Å². The molecule has 1 unspecified atom stereocenters. The molecule has 0 aromatic heterocycles. The number of hydrogen-bond acceptors (Lipinski definition) is 2. The Morgan fingerprint density at radius 1 is 1.20 bits per heavy atom. The van der Waals surface area contributed by atoms with Crippen LogP contribution in [0.3, 0.4) is 0 Å². The van der Waals surface area contributed by atoms with Crippen molar-refractivity contribution in [2.75, 3.05) is 6.61 Å². The molecule has 4 heteroatoms. The van der Waals surface area contributed by atoms with Gasteiger partial charge in [0.15, 0.2) is 0 Å². The molecular formula is C11H17Cl2NO. The molecule has 0 fully saturated rings. The molecule has 4 N–H and O–H groups in total. The predicted molar refractivity (Wildman–Crippen MR) is 66.1 cm³/mol. The summed E-state index contributed by atoms with van der Waals surface area (Å²) in [7, 11) is 0.